The first-order valence-corrected chi connectivity index (χ1v) is 7.49. The van der Waals surface area contributed by atoms with E-state index in [9.17, 15) is 9.59 Å². The summed E-state index contributed by atoms with van der Waals surface area (Å²) in [6, 6.07) is 9.49. The first-order chi connectivity index (χ1) is 10.6. The Kier molecular flexibility index (Phi) is 4.24. The Bertz CT molecular complexity index is 722. The van der Waals surface area contributed by atoms with Gasteiger partial charge in [-0.1, -0.05) is 29.8 Å². The molecule has 5 nitrogen and oxygen atoms in total. The molecule has 22 heavy (non-hydrogen) atoms. The zero-order valence-electron chi connectivity index (χ0n) is 11.8. The van der Waals surface area contributed by atoms with E-state index in [1.54, 1.807) is 0 Å². The van der Waals surface area contributed by atoms with Crippen molar-refractivity contribution in [3.8, 4) is 0 Å². The summed E-state index contributed by atoms with van der Waals surface area (Å²) in [5, 5.41) is 3.95. The zero-order chi connectivity index (χ0) is 15.5. The molecule has 6 heteroatoms. The smallest absolute Gasteiger partial charge is 0.311 e. The van der Waals surface area contributed by atoms with Gasteiger partial charge in [-0.05, 0) is 18.6 Å². The predicted molar refractivity (Wildman–Crippen MR) is 82.3 cm³/mol. The van der Waals surface area contributed by atoms with E-state index >= 15 is 0 Å². The Hall–Kier alpha value is -2.14. The Morgan fingerprint density at radius 3 is 3.00 bits per heavy atom. The van der Waals surface area contributed by atoms with Crippen LogP contribution in [0, 0.1) is 5.92 Å². The summed E-state index contributed by atoms with van der Waals surface area (Å²) < 4.78 is 5.32. The fourth-order valence-electron chi connectivity index (χ4n) is 2.44. The maximum Gasteiger partial charge on any atom is 0.311 e. The lowest BCUT2D eigenvalue weighted by atomic mass is 9.99. The topological polar surface area (TPSA) is 68.3 Å². The summed E-state index contributed by atoms with van der Waals surface area (Å²) >= 11 is 6.13. The number of nitrogens with one attached hydrogen (secondary N) is 1. The molecule has 1 aliphatic heterocycles. The molecule has 2 aromatic rings. The maximum atomic E-state index is 12.0. The number of nitrogens with zero attached hydrogens (tertiary/aromatic N) is 1. The normalized spacial score (nSPS) is 18.0. The molecule has 3 rings (SSSR count). The summed E-state index contributed by atoms with van der Waals surface area (Å²) in [5.41, 5.74) is 1.48. The average molecular weight is 319 g/mol. The number of carbonyl (C=O) groups is 2. The van der Waals surface area contributed by atoms with Crippen LogP contribution >= 0.6 is 11.6 Å². The Labute approximate surface area is 132 Å². The number of rotatable bonds is 3. The van der Waals surface area contributed by atoms with Crippen LogP contribution in [0.25, 0.3) is 10.9 Å². The minimum absolute atomic E-state index is 0.0224. The van der Waals surface area contributed by atoms with E-state index in [0.29, 0.717) is 30.1 Å². The molecule has 0 saturated carbocycles. The first-order valence-electron chi connectivity index (χ1n) is 7.11. The molecule has 1 atom stereocenters. The van der Waals surface area contributed by atoms with E-state index in [-0.39, 0.29) is 24.4 Å². The third kappa shape index (κ3) is 3.20. The predicted octanol–water partition coefficient (Wildman–Crippen LogP) is 2.46. The molecule has 1 aliphatic rings. The summed E-state index contributed by atoms with van der Waals surface area (Å²) in [6.07, 6.45) is 0.881. The molecule has 0 aliphatic carbocycles. The number of halogens is 1. The van der Waals surface area contributed by atoms with E-state index in [1.165, 1.54) is 0 Å². The van der Waals surface area contributed by atoms with Gasteiger partial charge in [-0.2, -0.15) is 0 Å². The van der Waals surface area contributed by atoms with Gasteiger partial charge >= 0.3 is 5.97 Å². The van der Waals surface area contributed by atoms with Gasteiger partial charge in [0, 0.05) is 23.9 Å². The molecule has 0 bridgehead atoms. The van der Waals surface area contributed by atoms with Crippen LogP contribution in [-0.2, 0) is 20.9 Å². The van der Waals surface area contributed by atoms with Gasteiger partial charge in [0.25, 0.3) is 0 Å². The quantitative estimate of drug-likeness (QED) is 0.697. The minimum atomic E-state index is -0.316. The standard InChI is InChI=1S/C16H15ClN2O3/c17-15-12(7-10-3-1-2-4-13(10)19-15)9-22-16(21)11-5-6-14(20)18-8-11/h1-4,7,11H,5-6,8-9H2,(H,18,20). The SMILES string of the molecule is O=C1CCC(C(=O)OCc2cc3ccccc3nc2Cl)CN1. The lowest BCUT2D eigenvalue weighted by Crippen LogP contribution is -2.39. The number of benzene rings is 1. The molecule has 1 saturated heterocycles. The fraction of sp³-hybridized carbons (Fsp3) is 0.312. The van der Waals surface area contributed by atoms with Crippen molar-refractivity contribution in [1.82, 2.24) is 10.3 Å². The van der Waals surface area contributed by atoms with E-state index in [1.807, 2.05) is 30.3 Å². The third-order valence-corrected chi connectivity index (χ3v) is 4.05. The van der Waals surface area contributed by atoms with Crippen LogP contribution in [0.15, 0.2) is 30.3 Å². The summed E-state index contributed by atoms with van der Waals surface area (Å²) in [5.74, 6) is -0.625. The molecule has 1 amide bonds. The monoisotopic (exact) mass is 318 g/mol. The van der Waals surface area contributed by atoms with Crippen LogP contribution < -0.4 is 5.32 Å². The van der Waals surface area contributed by atoms with Crippen LogP contribution in [0.1, 0.15) is 18.4 Å². The Morgan fingerprint density at radius 2 is 2.23 bits per heavy atom. The van der Waals surface area contributed by atoms with Crippen LogP contribution in [0.4, 0.5) is 0 Å². The highest BCUT2D eigenvalue weighted by Crippen LogP contribution is 2.22. The molecule has 1 fully saturated rings. The molecular weight excluding hydrogens is 304 g/mol. The lowest BCUT2D eigenvalue weighted by molar-refractivity contribution is -0.151. The van der Waals surface area contributed by atoms with Crippen molar-refractivity contribution < 1.29 is 14.3 Å². The lowest BCUT2D eigenvalue weighted by Gasteiger charge is -2.20. The first kappa shape index (κ1) is 14.8. The molecule has 2 heterocycles. The van der Waals surface area contributed by atoms with Crippen LogP contribution in [0.5, 0.6) is 0 Å². The molecule has 114 valence electrons. The molecule has 1 aromatic carbocycles. The number of hydrogen-bond donors (Lipinski definition) is 1. The number of amides is 1. The van der Waals surface area contributed by atoms with Gasteiger partial charge in [0.1, 0.15) is 11.8 Å². The second-order valence-corrected chi connectivity index (χ2v) is 5.64. The summed E-state index contributed by atoms with van der Waals surface area (Å²) in [4.78, 5) is 27.4. The zero-order valence-corrected chi connectivity index (χ0v) is 12.6. The highest BCUT2D eigenvalue weighted by Gasteiger charge is 2.25. The van der Waals surface area contributed by atoms with Crippen molar-refractivity contribution in [3.63, 3.8) is 0 Å². The highest BCUT2D eigenvalue weighted by molar-refractivity contribution is 6.30. The number of aromatic nitrogens is 1. The van der Waals surface area contributed by atoms with Gasteiger partial charge in [0.05, 0.1) is 11.4 Å². The van der Waals surface area contributed by atoms with Crippen molar-refractivity contribution in [2.24, 2.45) is 5.92 Å². The van der Waals surface area contributed by atoms with E-state index in [0.717, 1.165) is 10.9 Å². The molecule has 0 radical (unpaired) electrons. The van der Waals surface area contributed by atoms with Crippen molar-refractivity contribution in [2.75, 3.05) is 6.54 Å². The number of fused-ring (bicyclic) bond motifs is 1. The fourth-order valence-corrected chi connectivity index (χ4v) is 2.64. The second-order valence-electron chi connectivity index (χ2n) is 5.28. The van der Waals surface area contributed by atoms with E-state index in [4.69, 9.17) is 16.3 Å². The largest absolute Gasteiger partial charge is 0.460 e. The highest BCUT2D eigenvalue weighted by atomic mass is 35.5. The maximum absolute atomic E-state index is 12.0. The van der Waals surface area contributed by atoms with E-state index < -0.39 is 0 Å². The van der Waals surface area contributed by atoms with Crippen LogP contribution in [0.3, 0.4) is 0 Å². The Balaban J connectivity index is 1.67. The summed E-state index contributed by atoms with van der Waals surface area (Å²) in [7, 11) is 0. The number of carbonyl (C=O) groups excluding carboxylic acids is 2. The molecule has 1 N–H and O–H groups in total. The second kappa shape index (κ2) is 6.32. The molecule has 1 unspecified atom stereocenters. The number of ether oxygens (including phenoxy) is 1. The van der Waals surface area contributed by atoms with Crippen molar-refractivity contribution in [1.29, 1.82) is 0 Å². The number of esters is 1. The number of hydrogen-bond acceptors (Lipinski definition) is 4. The Morgan fingerprint density at radius 1 is 1.41 bits per heavy atom. The number of pyridine rings is 1. The van der Waals surface area contributed by atoms with Gasteiger partial charge in [-0.3, -0.25) is 9.59 Å². The average Bonchev–Trinajstić information content (AvgIpc) is 2.53. The molecular formula is C16H15ClN2O3. The van der Waals surface area contributed by atoms with Gasteiger partial charge in [0.2, 0.25) is 5.91 Å². The number of para-hydroxylation sites is 1. The van der Waals surface area contributed by atoms with Crippen molar-refractivity contribution in [3.05, 3.63) is 41.0 Å². The van der Waals surface area contributed by atoms with Gasteiger partial charge < -0.3 is 10.1 Å². The van der Waals surface area contributed by atoms with E-state index in [2.05, 4.69) is 10.3 Å². The van der Waals surface area contributed by atoms with Gasteiger partial charge in [-0.15, -0.1) is 0 Å². The molecule has 1 aromatic heterocycles. The van der Waals surface area contributed by atoms with Gasteiger partial charge in [0.15, 0.2) is 0 Å². The van der Waals surface area contributed by atoms with Crippen molar-refractivity contribution >= 4 is 34.4 Å². The molecule has 0 spiro atoms. The summed E-state index contributed by atoms with van der Waals surface area (Å²) in [6.45, 7) is 0.418. The third-order valence-electron chi connectivity index (χ3n) is 3.72. The van der Waals surface area contributed by atoms with Crippen molar-refractivity contribution in [2.45, 2.75) is 19.4 Å². The van der Waals surface area contributed by atoms with Crippen LogP contribution in [0.2, 0.25) is 5.15 Å². The van der Waals surface area contributed by atoms with Crippen LogP contribution in [-0.4, -0.2) is 23.4 Å². The number of piperidine rings is 1. The minimum Gasteiger partial charge on any atom is -0.460 e. The van der Waals surface area contributed by atoms with Gasteiger partial charge in [-0.25, -0.2) is 4.98 Å².